The standard InChI is InChI=1S/C40H53N8O31P5/c1-17-9-45(37(53)41-33(17)49)29-5-21(76-81(59,60)61)26(73-29)14-69-83(64,65)78-23-7-31(47-11-19(3)35(51)43-39(47)55)75-28(23)16-71-84(66,67)79-24-8-32(48-12-20(4)36(52)44-40(48)56)74-27(24)15-70-82(62,63)77-22-6-30(72-25(22)13-68-80(57)58)46-10-18(2)34(50)42-38(46)54/h9-12,21-32H,5-8,13-16H2,1-4H3,(H,62,63)(H,64,65)(H,66,67)(H,41,49,53)(H,42,50,54)(H,43,51,55)(H,44,52,56)(H2,59,60,61)/t21-,22-,23-,24-,25+,26+,27+,28+,29+,30+,31+,32+/m0/s1. The molecule has 0 saturated carbocycles. The lowest BCUT2D eigenvalue weighted by molar-refractivity contribution is -0.0633. The van der Waals surface area contributed by atoms with E-state index in [2.05, 4.69) is 4.52 Å². The van der Waals surface area contributed by atoms with Gasteiger partial charge in [-0.1, -0.05) is 0 Å². The van der Waals surface area contributed by atoms with Crippen molar-refractivity contribution < 1.29 is 107 Å². The first-order chi connectivity index (χ1) is 39.1. The van der Waals surface area contributed by atoms with Crippen LogP contribution in [-0.2, 0) is 82.5 Å². The second-order valence-electron chi connectivity index (χ2n) is 19.3. The first-order valence-corrected chi connectivity index (χ1v) is 31.6. The molecule has 0 amide bonds. The van der Waals surface area contributed by atoms with Crippen LogP contribution in [0.3, 0.4) is 0 Å². The zero-order valence-corrected chi connectivity index (χ0v) is 48.2. The van der Waals surface area contributed by atoms with E-state index in [0.717, 1.165) is 43.1 Å². The quantitative estimate of drug-likeness (QED) is 0.0367. The maximum Gasteiger partial charge on any atom is 0.472 e. The molecule has 0 aliphatic carbocycles. The van der Waals surface area contributed by atoms with Crippen molar-refractivity contribution in [2.45, 2.75) is 127 Å². The first kappa shape index (κ1) is 64.8. The first-order valence-electron chi connectivity index (χ1n) is 24.5. The van der Waals surface area contributed by atoms with Crippen LogP contribution in [0.15, 0.2) is 63.1 Å². The molecule has 8 heterocycles. The van der Waals surface area contributed by atoms with Gasteiger partial charge < -0.3 is 43.4 Å². The van der Waals surface area contributed by atoms with Gasteiger partial charge >= 0.3 is 62.0 Å². The van der Waals surface area contributed by atoms with Gasteiger partial charge in [-0.15, -0.1) is 0 Å². The minimum Gasteiger partial charge on any atom is -0.349 e. The Morgan fingerprint density at radius 1 is 0.440 bits per heavy atom. The molecule has 4 aliphatic rings. The van der Waals surface area contributed by atoms with Crippen LogP contribution in [0.5, 0.6) is 0 Å². The van der Waals surface area contributed by atoms with E-state index in [0.29, 0.717) is 0 Å². The number of aryl methyl sites for hydroxylation is 4. The Balaban J connectivity index is 0.989. The van der Waals surface area contributed by atoms with Gasteiger partial charge in [-0.2, -0.15) is 0 Å². The number of nitrogens with one attached hydrogen (secondary N) is 4. The molecular weight excluding hydrogens is 1240 g/mol. The molecule has 0 radical (unpaired) electrons. The molecule has 0 spiro atoms. The average molecular weight is 1300 g/mol. The SMILES string of the molecule is Cc1cn([C@H]2C[C@H](OP(=O)(O)O)[C@@H](COP(=O)(O)O[C@H]3C[C@H](n4cc(C)c(=O)[nH]c4=O)O[C@@H]3COP(=O)(O)O[C@H]3C[C@H](n4cc(C)c(=O)[nH]c4=O)O[C@@H]3COP(=O)(O)O[C@H]3C[C@H](n4cc(C)c(=O)[nH]c4=O)O[C@@H]3COP(=O)=O)O2)c(=O)[nH]c1=O. The highest BCUT2D eigenvalue weighted by Gasteiger charge is 2.49. The van der Waals surface area contributed by atoms with Crippen LogP contribution >= 0.6 is 39.2 Å². The minimum atomic E-state index is -5.55. The number of aromatic nitrogens is 8. The third-order valence-electron chi connectivity index (χ3n) is 13.2. The zero-order chi connectivity index (χ0) is 61.5. The van der Waals surface area contributed by atoms with Crippen molar-refractivity contribution in [3.8, 4) is 0 Å². The molecule has 15 atom stereocenters. The lowest BCUT2D eigenvalue weighted by Gasteiger charge is -2.25. The summed E-state index contributed by atoms with van der Waals surface area (Å²) in [4.78, 5) is 160. The summed E-state index contributed by atoms with van der Waals surface area (Å²) in [5.41, 5.74) is -7.11. The van der Waals surface area contributed by atoms with Gasteiger partial charge in [0.2, 0.25) is 0 Å². The van der Waals surface area contributed by atoms with E-state index in [-0.39, 0.29) is 22.3 Å². The second kappa shape index (κ2) is 25.7. The van der Waals surface area contributed by atoms with E-state index in [1.54, 1.807) is 0 Å². The fourth-order valence-electron chi connectivity index (χ4n) is 9.15. The Labute approximate surface area is 467 Å². The molecule has 39 nitrogen and oxygen atoms in total. The zero-order valence-electron chi connectivity index (χ0n) is 43.8. The van der Waals surface area contributed by atoms with E-state index in [9.17, 15) is 90.2 Å². The second-order valence-corrected chi connectivity index (χ2v) is 25.4. The molecule has 4 saturated heterocycles. The maximum absolute atomic E-state index is 13.9. The number of hydrogen-bond donors (Lipinski definition) is 9. The van der Waals surface area contributed by atoms with Gasteiger partial charge in [-0.25, -0.2) is 46.6 Å². The third kappa shape index (κ3) is 16.1. The Morgan fingerprint density at radius 3 is 0.917 bits per heavy atom. The van der Waals surface area contributed by atoms with Crippen molar-refractivity contribution in [2.24, 2.45) is 0 Å². The van der Waals surface area contributed by atoms with Crippen LogP contribution in [0.25, 0.3) is 0 Å². The predicted octanol–water partition coefficient (Wildman–Crippen LogP) is -1.34. The highest BCUT2D eigenvalue weighted by Crippen LogP contribution is 2.54. The molecular formula is C40H53N8O31P5. The summed E-state index contributed by atoms with van der Waals surface area (Å²) in [6.07, 6.45) is -16.8. The highest BCUT2D eigenvalue weighted by atomic mass is 31.2. The van der Waals surface area contributed by atoms with Crippen LogP contribution in [0.1, 0.15) is 72.8 Å². The van der Waals surface area contributed by atoms with Gasteiger partial charge in [0, 0.05) is 72.7 Å². The molecule has 464 valence electrons. The Hall–Kier alpha value is -5.14. The summed E-state index contributed by atoms with van der Waals surface area (Å²) in [6, 6.07) is 0. The highest BCUT2D eigenvalue weighted by molar-refractivity contribution is 7.48. The van der Waals surface area contributed by atoms with Crippen LogP contribution in [0.4, 0.5) is 0 Å². The molecule has 44 heteroatoms. The third-order valence-corrected chi connectivity index (χ3v) is 17.1. The smallest absolute Gasteiger partial charge is 0.349 e. The van der Waals surface area contributed by atoms with E-state index < -0.39 is 210 Å². The molecule has 9 N–H and O–H groups in total. The fourth-order valence-corrected chi connectivity index (χ4v) is 12.9. The van der Waals surface area contributed by atoms with E-state index in [4.69, 9.17) is 50.6 Å². The Bertz CT molecular complexity index is 3910. The molecule has 0 aromatic carbocycles. The van der Waals surface area contributed by atoms with Crippen molar-refractivity contribution in [2.75, 3.05) is 26.4 Å². The van der Waals surface area contributed by atoms with Gasteiger partial charge in [-0.3, -0.25) is 93.6 Å². The van der Waals surface area contributed by atoms with Gasteiger partial charge in [0.05, 0.1) is 26.4 Å². The van der Waals surface area contributed by atoms with Gasteiger partial charge in [0.1, 0.15) is 73.7 Å². The largest absolute Gasteiger partial charge is 0.472 e. The van der Waals surface area contributed by atoms with E-state index in [1.807, 2.05) is 19.9 Å². The maximum atomic E-state index is 13.9. The van der Waals surface area contributed by atoms with Gasteiger partial charge in [0.25, 0.3) is 22.2 Å². The summed E-state index contributed by atoms with van der Waals surface area (Å²) in [6.45, 7) is 1.28. The number of phosphoric acid groups is 4. The molecule has 8 rings (SSSR count). The van der Waals surface area contributed by atoms with Crippen LogP contribution in [-0.4, -0.2) is 138 Å². The number of hydrogen-bond acceptors (Lipinski definition) is 26. The summed E-state index contributed by atoms with van der Waals surface area (Å²) < 4.78 is 144. The number of rotatable bonds is 24. The van der Waals surface area contributed by atoms with E-state index >= 15 is 0 Å². The van der Waals surface area contributed by atoms with Crippen molar-refractivity contribution in [1.82, 2.24) is 38.2 Å². The van der Waals surface area contributed by atoms with Crippen LogP contribution in [0.2, 0.25) is 0 Å². The molecule has 4 fully saturated rings. The Kier molecular flexibility index (Phi) is 19.8. The summed E-state index contributed by atoms with van der Waals surface area (Å²) in [5.74, 6) is 0. The monoisotopic (exact) mass is 1300 g/mol. The molecule has 4 aromatic heterocycles. The van der Waals surface area contributed by atoms with Crippen molar-refractivity contribution in [3.63, 3.8) is 0 Å². The molecule has 4 aliphatic heterocycles. The molecule has 0 bridgehead atoms. The van der Waals surface area contributed by atoms with Crippen molar-refractivity contribution in [3.05, 3.63) is 130 Å². The Morgan fingerprint density at radius 2 is 0.679 bits per heavy atom. The minimum absolute atomic E-state index is 0.0192. The topological polar surface area (TPSA) is 534 Å². The summed E-state index contributed by atoms with van der Waals surface area (Å²) in [7, 11) is -25.2. The predicted molar refractivity (Wildman–Crippen MR) is 271 cm³/mol. The lowest BCUT2D eigenvalue weighted by atomic mass is 10.2. The fraction of sp³-hybridized carbons (Fsp3) is 0.600. The molecule has 3 unspecified atom stereocenters. The molecule has 4 aromatic rings. The number of phosphoric ester groups is 4. The van der Waals surface area contributed by atoms with Crippen molar-refractivity contribution >= 4 is 39.2 Å². The number of ether oxygens (including phenoxy) is 4. The summed E-state index contributed by atoms with van der Waals surface area (Å²) in [5, 5.41) is 0. The van der Waals surface area contributed by atoms with E-state index in [1.165, 1.54) is 27.7 Å². The molecule has 84 heavy (non-hydrogen) atoms. The number of nitrogens with zero attached hydrogens (tertiary/aromatic N) is 4. The van der Waals surface area contributed by atoms with Crippen LogP contribution in [0, 0.1) is 27.7 Å². The normalized spacial score (nSPS) is 28.5. The van der Waals surface area contributed by atoms with Crippen molar-refractivity contribution in [1.29, 1.82) is 0 Å². The average Bonchev–Trinajstić information content (AvgIpc) is 4.40. The van der Waals surface area contributed by atoms with Gasteiger partial charge in [-0.05, 0) is 27.7 Å². The van der Waals surface area contributed by atoms with Gasteiger partial charge in [0.15, 0.2) is 0 Å². The summed E-state index contributed by atoms with van der Waals surface area (Å²) >= 11 is 0. The lowest BCUT2D eigenvalue weighted by Crippen LogP contribution is -2.33. The number of H-pyrrole nitrogens is 4. The number of aromatic amines is 4. The van der Waals surface area contributed by atoms with Crippen LogP contribution < -0.4 is 45.0 Å².